The van der Waals surface area contributed by atoms with Gasteiger partial charge in [-0.2, -0.15) is 0 Å². The van der Waals surface area contributed by atoms with Crippen molar-refractivity contribution in [1.29, 1.82) is 0 Å². The number of nitrogens with one attached hydrogen (secondary N) is 1. The van der Waals surface area contributed by atoms with Crippen molar-refractivity contribution < 1.29 is 14.3 Å². The molecule has 1 aliphatic heterocycles. The highest BCUT2D eigenvalue weighted by Crippen LogP contribution is 2.49. The molecule has 0 aromatic rings. The molecule has 1 heterocycles. The second-order valence-corrected chi connectivity index (χ2v) is 6.42. The van der Waals surface area contributed by atoms with Crippen molar-refractivity contribution in [2.45, 2.75) is 44.8 Å². The molecule has 0 aromatic heterocycles. The van der Waals surface area contributed by atoms with Crippen molar-refractivity contribution >= 4 is 6.09 Å². The van der Waals surface area contributed by atoms with E-state index in [4.69, 9.17) is 15.2 Å². The topological polar surface area (TPSA) is 73.6 Å². The average Bonchev–Trinajstić information content (AvgIpc) is 2.90. The lowest BCUT2D eigenvalue weighted by atomic mass is 9.91. The Morgan fingerprint density at radius 2 is 2.28 bits per heavy atom. The number of nitrogens with two attached hydrogens (primary N) is 1. The van der Waals surface area contributed by atoms with Gasteiger partial charge in [-0.25, -0.2) is 4.79 Å². The first-order valence-electron chi connectivity index (χ1n) is 6.65. The van der Waals surface area contributed by atoms with Gasteiger partial charge in [0.05, 0.1) is 12.1 Å². The summed E-state index contributed by atoms with van der Waals surface area (Å²) in [4.78, 5) is 11.9. The molecule has 3 atom stereocenters. The van der Waals surface area contributed by atoms with Crippen LogP contribution in [0.25, 0.3) is 0 Å². The molecular weight excluding hydrogens is 232 g/mol. The van der Waals surface area contributed by atoms with Crippen molar-refractivity contribution in [3.63, 3.8) is 0 Å². The largest absolute Gasteiger partial charge is 0.444 e. The van der Waals surface area contributed by atoms with Crippen LogP contribution in [0.15, 0.2) is 0 Å². The number of alkyl carbamates (subject to hydrolysis) is 1. The third kappa shape index (κ3) is 2.95. The third-order valence-corrected chi connectivity index (χ3v) is 3.74. The van der Waals surface area contributed by atoms with Gasteiger partial charge >= 0.3 is 6.09 Å². The summed E-state index contributed by atoms with van der Waals surface area (Å²) < 4.78 is 10.8. The van der Waals surface area contributed by atoms with E-state index in [0.29, 0.717) is 31.6 Å². The molecular formula is C13H24N2O3. The average molecular weight is 256 g/mol. The van der Waals surface area contributed by atoms with E-state index in [0.717, 1.165) is 12.8 Å². The van der Waals surface area contributed by atoms with Gasteiger partial charge in [0.1, 0.15) is 5.60 Å². The molecule has 2 aliphatic rings. The van der Waals surface area contributed by atoms with Gasteiger partial charge in [0.15, 0.2) is 0 Å². The second-order valence-electron chi connectivity index (χ2n) is 6.42. The Morgan fingerprint density at radius 3 is 2.72 bits per heavy atom. The van der Waals surface area contributed by atoms with Crippen molar-refractivity contribution in [3.8, 4) is 0 Å². The zero-order chi connectivity index (χ0) is 13.4. The number of amides is 1. The van der Waals surface area contributed by atoms with Crippen LogP contribution in [-0.4, -0.2) is 37.0 Å². The van der Waals surface area contributed by atoms with Gasteiger partial charge in [-0.15, -0.1) is 0 Å². The van der Waals surface area contributed by atoms with E-state index in [1.807, 2.05) is 20.8 Å². The van der Waals surface area contributed by atoms with Gasteiger partial charge in [-0.3, -0.25) is 0 Å². The summed E-state index contributed by atoms with van der Waals surface area (Å²) in [5, 5.41) is 3.03. The molecule has 0 radical (unpaired) electrons. The van der Waals surface area contributed by atoms with Crippen LogP contribution < -0.4 is 11.1 Å². The zero-order valence-corrected chi connectivity index (χ0v) is 11.5. The van der Waals surface area contributed by atoms with E-state index in [1.54, 1.807) is 0 Å². The predicted molar refractivity (Wildman–Crippen MR) is 68.2 cm³/mol. The van der Waals surface area contributed by atoms with Gasteiger partial charge in [-0.05, 0) is 52.0 Å². The summed E-state index contributed by atoms with van der Waals surface area (Å²) in [7, 11) is 0. The molecule has 104 valence electrons. The standard InChI is InChI=1S/C13H24N2O3/c1-12(2,3)18-11(16)15-13(4-5-17-8-13)10-6-9(10)7-14/h9-10H,4-8,14H2,1-3H3,(H,15,16). The summed E-state index contributed by atoms with van der Waals surface area (Å²) in [5.41, 5.74) is 4.97. The highest BCUT2D eigenvalue weighted by Gasteiger charge is 2.54. The summed E-state index contributed by atoms with van der Waals surface area (Å²) in [6.45, 7) is 7.55. The lowest BCUT2D eigenvalue weighted by Crippen LogP contribution is -2.53. The number of hydrogen-bond acceptors (Lipinski definition) is 4. The maximum absolute atomic E-state index is 11.9. The smallest absolute Gasteiger partial charge is 0.408 e. The Morgan fingerprint density at radius 1 is 1.56 bits per heavy atom. The Bertz CT molecular complexity index is 319. The molecule has 3 unspecified atom stereocenters. The minimum Gasteiger partial charge on any atom is -0.444 e. The van der Waals surface area contributed by atoms with Crippen LogP contribution in [0.3, 0.4) is 0 Å². The maximum atomic E-state index is 11.9. The number of carbonyl (C=O) groups is 1. The Kier molecular flexibility index (Phi) is 3.56. The van der Waals surface area contributed by atoms with Crippen LogP contribution in [0.1, 0.15) is 33.6 Å². The first kappa shape index (κ1) is 13.6. The van der Waals surface area contributed by atoms with E-state index in [9.17, 15) is 4.79 Å². The first-order valence-corrected chi connectivity index (χ1v) is 6.65. The van der Waals surface area contributed by atoms with Crippen LogP contribution >= 0.6 is 0 Å². The van der Waals surface area contributed by atoms with Gasteiger partial charge in [0.25, 0.3) is 0 Å². The molecule has 1 saturated heterocycles. The summed E-state index contributed by atoms with van der Waals surface area (Å²) in [6.07, 6.45) is 1.58. The molecule has 0 spiro atoms. The first-order chi connectivity index (χ1) is 8.36. The molecule has 0 bridgehead atoms. The van der Waals surface area contributed by atoms with Crippen LogP contribution in [0.2, 0.25) is 0 Å². The molecule has 2 fully saturated rings. The molecule has 1 amide bonds. The molecule has 18 heavy (non-hydrogen) atoms. The minimum absolute atomic E-state index is 0.258. The molecule has 5 nitrogen and oxygen atoms in total. The number of carbonyl (C=O) groups excluding carboxylic acids is 1. The van der Waals surface area contributed by atoms with Crippen LogP contribution in [0.4, 0.5) is 4.79 Å². The Hall–Kier alpha value is -0.810. The summed E-state index contributed by atoms with van der Waals surface area (Å²) in [6, 6.07) is 0. The fourth-order valence-corrected chi connectivity index (χ4v) is 2.76. The lowest BCUT2D eigenvalue weighted by Gasteiger charge is -2.31. The highest BCUT2D eigenvalue weighted by molar-refractivity contribution is 5.69. The summed E-state index contributed by atoms with van der Waals surface area (Å²) in [5.74, 6) is 0.958. The SMILES string of the molecule is CC(C)(C)OC(=O)NC1(C2CC2CN)CCOC1. The minimum atomic E-state index is -0.471. The fourth-order valence-electron chi connectivity index (χ4n) is 2.76. The van der Waals surface area contributed by atoms with E-state index < -0.39 is 5.60 Å². The summed E-state index contributed by atoms with van der Waals surface area (Å²) >= 11 is 0. The van der Waals surface area contributed by atoms with Gasteiger partial charge in [0.2, 0.25) is 0 Å². The molecule has 3 N–H and O–H groups in total. The van der Waals surface area contributed by atoms with E-state index in [-0.39, 0.29) is 11.6 Å². The number of rotatable bonds is 3. The Balaban J connectivity index is 1.97. The van der Waals surface area contributed by atoms with E-state index in [2.05, 4.69) is 5.32 Å². The van der Waals surface area contributed by atoms with Crippen LogP contribution in [0, 0.1) is 11.8 Å². The number of hydrogen-bond donors (Lipinski definition) is 2. The molecule has 2 rings (SSSR count). The third-order valence-electron chi connectivity index (χ3n) is 3.74. The van der Waals surface area contributed by atoms with Gasteiger partial charge < -0.3 is 20.5 Å². The van der Waals surface area contributed by atoms with Gasteiger partial charge in [0, 0.05) is 6.61 Å². The highest BCUT2D eigenvalue weighted by atomic mass is 16.6. The van der Waals surface area contributed by atoms with Gasteiger partial charge in [-0.1, -0.05) is 0 Å². The normalized spacial score (nSPS) is 35.3. The van der Waals surface area contributed by atoms with Crippen molar-refractivity contribution in [1.82, 2.24) is 5.32 Å². The predicted octanol–water partition coefficient (Wildman–Crippen LogP) is 1.27. The molecule has 0 aromatic carbocycles. The maximum Gasteiger partial charge on any atom is 0.408 e. The van der Waals surface area contributed by atoms with Crippen molar-refractivity contribution in [2.24, 2.45) is 17.6 Å². The zero-order valence-electron chi connectivity index (χ0n) is 11.5. The molecule has 1 aliphatic carbocycles. The van der Waals surface area contributed by atoms with Crippen LogP contribution in [0.5, 0.6) is 0 Å². The fraction of sp³-hybridized carbons (Fsp3) is 0.923. The lowest BCUT2D eigenvalue weighted by molar-refractivity contribution is 0.0417. The molecule has 5 heteroatoms. The quantitative estimate of drug-likeness (QED) is 0.797. The second kappa shape index (κ2) is 4.70. The van der Waals surface area contributed by atoms with E-state index >= 15 is 0 Å². The van der Waals surface area contributed by atoms with Crippen molar-refractivity contribution in [3.05, 3.63) is 0 Å². The van der Waals surface area contributed by atoms with E-state index in [1.165, 1.54) is 0 Å². The Labute approximate surface area is 108 Å². The molecule has 1 saturated carbocycles. The van der Waals surface area contributed by atoms with Crippen molar-refractivity contribution in [2.75, 3.05) is 19.8 Å². The van der Waals surface area contributed by atoms with Crippen LogP contribution in [-0.2, 0) is 9.47 Å². The monoisotopic (exact) mass is 256 g/mol. The number of ether oxygens (including phenoxy) is 2.